The predicted octanol–water partition coefficient (Wildman–Crippen LogP) is 2.12. The van der Waals surface area contributed by atoms with Gasteiger partial charge < -0.3 is 14.2 Å². The van der Waals surface area contributed by atoms with Crippen LogP contribution in [0, 0.1) is 26.7 Å². The highest BCUT2D eigenvalue weighted by Crippen LogP contribution is 2.28. The summed E-state index contributed by atoms with van der Waals surface area (Å²) < 4.78 is 10.8. The molecule has 1 fully saturated rings. The fraction of sp³-hybridized carbons (Fsp3) is 0.600. The number of hydrogen-bond donors (Lipinski definition) is 1. The molecular weight excluding hydrogens is 284 g/mol. The van der Waals surface area contributed by atoms with Crippen LogP contribution in [-0.2, 0) is 6.42 Å². The summed E-state index contributed by atoms with van der Waals surface area (Å²) >= 11 is 0. The van der Waals surface area contributed by atoms with Gasteiger partial charge in [0, 0.05) is 26.3 Å². The van der Waals surface area contributed by atoms with E-state index < -0.39 is 0 Å². The molecule has 118 valence electrons. The van der Waals surface area contributed by atoms with Crippen molar-refractivity contribution >= 4 is 5.91 Å². The fourth-order valence-corrected chi connectivity index (χ4v) is 3.05. The largest absolute Gasteiger partial charge is 0.436 e. The van der Waals surface area contributed by atoms with Gasteiger partial charge in [0.1, 0.15) is 0 Å². The second-order valence-electron chi connectivity index (χ2n) is 5.92. The van der Waals surface area contributed by atoms with Crippen LogP contribution in [0.1, 0.15) is 53.2 Å². The molecule has 0 bridgehead atoms. The first-order valence-corrected chi connectivity index (χ1v) is 7.55. The van der Waals surface area contributed by atoms with E-state index >= 15 is 0 Å². The van der Waals surface area contributed by atoms with Crippen molar-refractivity contribution in [1.29, 1.82) is 0 Å². The third kappa shape index (κ3) is 3.18. The van der Waals surface area contributed by atoms with Gasteiger partial charge in [-0.15, -0.1) is 10.2 Å². The zero-order chi connectivity index (χ0) is 15.7. The first-order chi connectivity index (χ1) is 10.5. The van der Waals surface area contributed by atoms with Crippen molar-refractivity contribution in [3.8, 4) is 0 Å². The number of carbonyl (C=O) groups is 1. The molecule has 22 heavy (non-hydrogen) atoms. The summed E-state index contributed by atoms with van der Waals surface area (Å²) in [5.74, 6) is 2.37. The Morgan fingerprint density at radius 3 is 2.64 bits per heavy atom. The van der Waals surface area contributed by atoms with Gasteiger partial charge in [-0.2, -0.15) is 0 Å². The van der Waals surface area contributed by atoms with E-state index in [1.54, 1.807) is 20.8 Å². The molecule has 1 saturated carbocycles. The predicted molar refractivity (Wildman–Crippen MR) is 77.3 cm³/mol. The maximum absolute atomic E-state index is 12.2. The van der Waals surface area contributed by atoms with Gasteiger partial charge in [-0.3, -0.25) is 4.79 Å². The van der Waals surface area contributed by atoms with E-state index in [2.05, 4.69) is 20.5 Å². The molecule has 2 aromatic rings. The van der Waals surface area contributed by atoms with E-state index in [0.29, 0.717) is 35.0 Å². The van der Waals surface area contributed by atoms with Crippen LogP contribution >= 0.6 is 0 Å². The Balaban J connectivity index is 1.54. The zero-order valence-electron chi connectivity index (χ0n) is 13.0. The number of hydrogen-bond acceptors (Lipinski definition) is 6. The summed E-state index contributed by atoms with van der Waals surface area (Å²) in [5, 5.41) is 10.9. The molecule has 2 atom stereocenters. The van der Waals surface area contributed by atoms with Crippen LogP contribution in [0.3, 0.4) is 0 Å². The molecule has 1 N–H and O–H groups in total. The Labute approximate surface area is 128 Å². The van der Waals surface area contributed by atoms with E-state index in [-0.39, 0.29) is 11.9 Å². The summed E-state index contributed by atoms with van der Waals surface area (Å²) in [6, 6.07) is 0.159. The van der Waals surface area contributed by atoms with E-state index in [1.165, 1.54) is 0 Å². The van der Waals surface area contributed by atoms with Crippen molar-refractivity contribution in [2.75, 3.05) is 0 Å². The van der Waals surface area contributed by atoms with Gasteiger partial charge in [0.2, 0.25) is 17.5 Å². The van der Waals surface area contributed by atoms with Gasteiger partial charge in [-0.25, -0.2) is 4.98 Å². The summed E-state index contributed by atoms with van der Waals surface area (Å²) in [5.41, 5.74) is 0.630. The molecule has 7 heteroatoms. The molecule has 1 aliphatic carbocycles. The van der Waals surface area contributed by atoms with Crippen molar-refractivity contribution < 1.29 is 13.6 Å². The summed E-state index contributed by atoms with van der Waals surface area (Å²) in [7, 11) is 0. The number of aromatic nitrogens is 3. The Hall–Kier alpha value is -2.18. The van der Waals surface area contributed by atoms with Gasteiger partial charge in [0.15, 0.2) is 5.89 Å². The van der Waals surface area contributed by atoms with Gasteiger partial charge in [0.05, 0.1) is 5.69 Å². The van der Waals surface area contributed by atoms with Crippen molar-refractivity contribution in [2.45, 2.75) is 52.5 Å². The third-order valence-electron chi connectivity index (χ3n) is 4.02. The standard InChI is InChI=1S/C15H20N4O3/c1-8-14(22-9(2)16-8)15(20)17-12-5-4-11(6-12)7-13-19-18-10(3)21-13/h11-12H,4-7H2,1-3H3,(H,17,20)/t11-,12+/m1/s1. The number of rotatable bonds is 4. The Kier molecular flexibility index (Phi) is 3.96. The molecule has 7 nitrogen and oxygen atoms in total. The Morgan fingerprint density at radius 2 is 2.00 bits per heavy atom. The minimum atomic E-state index is -0.183. The maximum Gasteiger partial charge on any atom is 0.289 e. The van der Waals surface area contributed by atoms with E-state index in [0.717, 1.165) is 25.7 Å². The number of nitrogens with zero attached hydrogens (tertiary/aromatic N) is 3. The summed E-state index contributed by atoms with van der Waals surface area (Å²) in [6.07, 6.45) is 3.68. The summed E-state index contributed by atoms with van der Waals surface area (Å²) in [6.45, 7) is 5.30. The fourth-order valence-electron chi connectivity index (χ4n) is 3.05. The molecule has 0 aromatic carbocycles. The highest BCUT2D eigenvalue weighted by molar-refractivity contribution is 5.92. The van der Waals surface area contributed by atoms with Gasteiger partial charge in [-0.05, 0) is 32.1 Å². The maximum atomic E-state index is 12.2. The molecule has 0 saturated heterocycles. The minimum absolute atomic E-state index is 0.159. The quantitative estimate of drug-likeness (QED) is 0.929. The van der Waals surface area contributed by atoms with Crippen LogP contribution in [0.15, 0.2) is 8.83 Å². The lowest BCUT2D eigenvalue weighted by atomic mass is 10.0. The lowest BCUT2D eigenvalue weighted by Gasteiger charge is -2.11. The van der Waals surface area contributed by atoms with Crippen molar-refractivity contribution in [3.05, 3.63) is 29.1 Å². The lowest BCUT2D eigenvalue weighted by Crippen LogP contribution is -2.33. The second kappa shape index (κ2) is 5.90. The number of oxazole rings is 1. The highest BCUT2D eigenvalue weighted by Gasteiger charge is 2.29. The lowest BCUT2D eigenvalue weighted by molar-refractivity contribution is 0.0907. The molecule has 3 rings (SSSR count). The van der Waals surface area contributed by atoms with Crippen LogP contribution in [0.2, 0.25) is 0 Å². The molecule has 0 aliphatic heterocycles. The van der Waals surface area contributed by atoms with Crippen molar-refractivity contribution in [3.63, 3.8) is 0 Å². The Morgan fingerprint density at radius 1 is 1.18 bits per heavy atom. The Bertz CT molecular complexity index is 676. The number of nitrogens with one attached hydrogen (secondary N) is 1. The number of aryl methyl sites for hydroxylation is 3. The van der Waals surface area contributed by atoms with Crippen LogP contribution < -0.4 is 5.32 Å². The van der Waals surface area contributed by atoms with Gasteiger partial charge >= 0.3 is 0 Å². The van der Waals surface area contributed by atoms with Gasteiger partial charge in [0.25, 0.3) is 5.91 Å². The second-order valence-corrected chi connectivity index (χ2v) is 5.92. The summed E-state index contributed by atoms with van der Waals surface area (Å²) in [4.78, 5) is 16.3. The van der Waals surface area contributed by atoms with E-state index in [9.17, 15) is 4.79 Å². The first kappa shape index (κ1) is 14.7. The minimum Gasteiger partial charge on any atom is -0.436 e. The molecule has 1 amide bonds. The molecular formula is C15H20N4O3. The first-order valence-electron chi connectivity index (χ1n) is 7.55. The van der Waals surface area contributed by atoms with Gasteiger partial charge in [-0.1, -0.05) is 0 Å². The van der Waals surface area contributed by atoms with Crippen LogP contribution in [0.5, 0.6) is 0 Å². The highest BCUT2D eigenvalue weighted by atomic mass is 16.4. The molecule has 0 unspecified atom stereocenters. The normalized spacial score (nSPS) is 21.2. The molecule has 2 aromatic heterocycles. The molecule has 0 radical (unpaired) electrons. The average molecular weight is 304 g/mol. The SMILES string of the molecule is Cc1nnc(C[C@@H]2CC[C@H](NC(=O)c3oc(C)nc3C)C2)o1. The smallest absolute Gasteiger partial charge is 0.289 e. The monoisotopic (exact) mass is 304 g/mol. The number of carbonyl (C=O) groups excluding carboxylic acids is 1. The molecule has 2 heterocycles. The average Bonchev–Trinajstić information content (AvgIpc) is 3.13. The van der Waals surface area contributed by atoms with Crippen molar-refractivity contribution in [1.82, 2.24) is 20.5 Å². The third-order valence-corrected chi connectivity index (χ3v) is 4.02. The van der Waals surface area contributed by atoms with Crippen LogP contribution in [0.25, 0.3) is 0 Å². The topological polar surface area (TPSA) is 94.1 Å². The molecule has 1 aliphatic rings. The van der Waals surface area contributed by atoms with Crippen molar-refractivity contribution in [2.24, 2.45) is 5.92 Å². The van der Waals surface area contributed by atoms with Crippen LogP contribution in [0.4, 0.5) is 0 Å². The van der Waals surface area contributed by atoms with Crippen LogP contribution in [-0.4, -0.2) is 27.1 Å². The number of amides is 1. The van der Waals surface area contributed by atoms with E-state index in [1.807, 2.05) is 0 Å². The zero-order valence-corrected chi connectivity index (χ0v) is 13.0. The van der Waals surface area contributed by atoms with E-state index in [4.69, 9.17) is 8.83 Å². The molecule has 0 spiro atoms.